The molecule has 0 aliphatic heterocycles. The summed E-state index contributed by atoms with van der Waals surface area (Å²) in [7, 11) is 0. The molecule has 132 valence electrons. The van der Waals surface area contributed by atoms with E-state index in [0.717, 1.165) is 9.59 Å². The van der Waals surface area contributed by atoms with Crippen molar-refractivity contribution in [2.75, 3.05) is 0 Å². The molecule has 0 fully saturated rings. The minimum atomic E-state index is -0.831. The van der Waals surface area contributed by atoms with Gasteiger partial charge < -0.3 is 24.8 Å². The molecule has 25 heavy (non-hydrogen) atoms. The molecule has 0 saturated heterocycles. The van der Waals surface area contributed by atoms with Crippen molar-refractivity contribution in [2.45, 2.75) is 55.5 Å². The van der Waals surface area contributed by atoms with E-state index in [1.165, 1.54) is 50.5 Å². The first kappa shape index (κ1) is 21.2. The van der Waals surface area contributed by atoms with Crippen LogP contribution < -0.4 is 24.8 Å². The Kier molecular flexibility index (Phi) is 8.24. The van der Waals surface area contributed by atoms with Gasteiger partial charge in [0, 0.05) is 0 Å². The van der Waals surface area contributed by atoms with Crippen LogP contribution in [0.15, 0.2) is 50.9 Å². The molecular weight excluding hydrogens is 514 g/mol. The quantitative estimate of drug-likeness (QED) is 0.476. The summed E-state index contributed by atoms with van der Waals surface area (Å²) >= 11 is -0.831. The van der Waals surface area contributed by atoms with Gasteiger partial charge in [-0.05, 0) is 0 Å². The molecule has 0 amide bonds. The van der Waals surface area contributed by atoms with Gasteiger partial charge >= 0.3 is 152 Å². The van der Waals surface area contributed by atoms with Crippen molar-refractivity contribution in [3.8, 4) is 0 Å². The molecule has 3 aliphatic rings. The fraction of sp³-hybridized carbons (Fsp3) is 0.455. The third-order valence-corrected chi connectivity index (χ3v) is 11.5. The van der Waals surface area contributed by atoms with Gasteiger partial charge in [0.2, 0.25) is 0 Å². The molecule has 0 N–H and O–H groups in total. The van der Waals surface area contributed by atoms with Crippen LogP contribution in [0.1, 0.15) is 66.7 Å². The Morgan fingerprint density at radius 1 is 1.08 bits per heavy atom. The Hall–Kier alpha value is -0.110. The third-order valence-electron chi connectivity index (χ3n) is 5.65. The molecule has 0 saturated carbocycles. The number of allylic oxidation sites excluding steroid dienone is 5. The Bertz CT molecular complexity index is 687. The summed E-state index contributed by atoms with van der Waals surface area (Å²) in [6.45, 7) is 2.34. The summed E-state index contributed by atoms with van der Waals surface area (Å²) in [4.78, 5) is 0. The molecule has 2 unspecified atom stereocenters. The van der Waals surface area contributed by atoms with Crippen LogP contribution in [0, 0.1) is 5.92 Å². The fourth-order valence-electron chi connectivity index (χ4n) is 4.43. The van der Waals surface area contributed by atoms with Gasteiger partial charge in [-0.3, -0.25) is 0 Å². The fourth-order valence-corrected chi connectivity index (χ4v) is 10.7. The Morgan fingerprint density at radius 3 is 2.72 bits per heavy atom. The number of unbranched alkanes of at least 4 members (excludes halogenated alkanes) is 1. The van der Waals surface area contributed by atoms with Crippen molar-refractivity contribution in [1.82, 2.24) is 0 Å². The van der Waals surface area contributed by atoms with Gasteiger partial charge in [-0.15, -0.1) is 0 Å². The number of hydrogen-bond donors (Lipinski definition) is 0. The molecular formula is C22H26Cl2Hf. The van der Waals surface area contributed by atoms with Gasteiger partial charge in [-0.25, -0.2) is 0 Å². The van der Waals surface area contributed by atoms with E-state index in [1.807, 2.05) is 8.90 Å². The number of halogens is 2. The molecule has 2 atom stereocenters. The number of hydrogen-bond acceptors (Lipinski definition) is 0. The number of benzene rings is 1. The zero-order valence-electron chi connectivity index (χ0n) is 14.9. The molecule has 3 aliphatic carbocycles. The van der Waals surface area contributed by atoms with Crippen molar-refractivity contribution in [3.05, 3.63) is 62.0 Å². The minimum absolute atomic E-state index is 0. The van der Waals surface area contributed by atoms with E-state index in [9.17, 15) is 0 Å². The van der Waals surface area contributed by atoms with Gasteiger partial charge in [0.1, 0.15) is 0 Å². The molecule has 0 heterocycles. The maximum Gasteiger partial charge on any atom is -1.00 e. The number of rotatable bonds is 5. The van der Waals surface area contributed by atoms with E-state index in [0.29, 0.717) is 0 Å². The minimum Gasteiger partial charge on any atom is -1.00 e. The summed E-state index contributed by atoms with van der Waals surface area (Å²) in [6, 6.07) is 9.06. The average Bonchev–Trinajstić information content (AvgIpc) is 3.15. The van der Waals surface area contributed by atoms with Gasteiger partial charge in [-0.2, -0.15) is 0 Å². The second-order valence-electron chi connectivity index (χ2n) is 7.16. The van der Waals surface area contributed by atoms with Crippen LogP contribution in [0.3, 0.4) is 0 Å². The van der Waals surface area contributed by atoms with Crippen molar-refractivity contribution in [1.29, 1.82) is 0 Å². The Labute approximate surface area is 176 Å². The first-order chi connectivity index (χ1) is 11.4. The van der Waals surface area contributed by atoms with Crippen LogP contribution >= 0.6 is 0 Å². The van der Waals surface area contributed by atoms with Gasteiger partial charge in [-0.1, -0.05) is 0 Å². The summed E-state index contributed by atoms with van der Waals surface area (Å²) in [6.07, 6.45) is 17.3. The molecule has 0 spiro atoms. The van der Waals surface area contributed by atoms with E-state index in [-0.39, 0.29) is 24.8 Å². The summed E-state index contributed by atoms with van der Waals surface area (Å²) in [5.74, 6) is 0.856. The summed E-state index contributed by atoms with van der Waals surface area (Å²) in [5, 5.41) is 0. The molecule has 0 aromatic heterocycles. The predicted octanol–water partition coefficient (Wildman–Crippen LogP) is 0.420. The van der Waals surface area contributed by atoms with Crippen molar-refractivity contribution in [3.63, 3.8) is 0 Å². The van der Waals surface area contributed by atoms with Crippen LogP contribution in [-0.4, -0.2) is 0 Å². The summed E-state index contributed by atoms with van der Waals surface area (Å²) in [5.41, 5.74) is 6.72. The van der Waals surface area contributed by atoms with E-state index in [2.05, 4.69) is 49.4 Å². The zero-order chi connectivity index (χ0) is 15.6. The van der Waals surface area contributed by atoms with Crippen LogP contribution in [0.2, 0.25) is 0 Å². The molecule has 3 heteroatoms. The average molecular weight is 540 g/mol. The van der Waals surface area contributed by atoms with Crippen LogP contribution in [0.4, 0.5) is 0 Å². The maximum atomic E-state index is 2.69. The largest absolute Gasteiger partial charge is 1.00 e. The van der Waals surface area contributed by atoms with Crippen molar-refractivity contribution in [2.24, 2.45) is 5.92 Å². The molecule has 0 nitrogen and oxygen atoms in total. The van der Waals surface area contributed by atoms with Gasteiger partial charge in [0.15, 0.2) is 0 Å². The van der Waals surface area contributed by atoms with E-state index in [1.54, 1.807) is 11.1 Å². The molecule has 0 radical (unpaired) electrons. The van der Waals surface area contributed by atoms with Gasteiger partial charge in [0.05, 0.1) is 0 Å². The standard InChI is InChI=1S/C13H19.C9H7.2ClH.Hf/c1-2-3-6-11-9-10-12-7-4-5-8-13(11)12;1-2-5-9-7-3-6-8(9)4-1;;;/h10-11H,2-8H2,1H3;1-7H;2*1H;/q;;;;+2/p-2. The normalized spacial score (nSPS) is 23.2. The SMILES string of the molecule is CCCCC1[C]([Hf+2][CH]2C=Cc3ccccc32)=CC2=C1CCCC2.[Cl-].[Cl-]. The molecule has 1 aromatic carbocycles. The van der Waals surface area contributed by atoms with Crippen LogP contribution in [0.25, 0.3) is 6.08 Å². The van der Waals surface area contributed by atoms with E-state index >= 15 is 0 Å². The topological polar surface area (TPSA) is 0 Å². The van der Waals surface area contributed by atoms with Crippen molar-refractivity contribution >= 4 is 6.08 Å². The van der Waals surface area contributed by atoms with Crippen molar-refractivity contribution < 1.29 is 47.7 Å². The van der Waals surface area contributed by atoms with Crippen LogP contribution in [-0.2, 0) is 22.9 Å². The van der Waals surface area contributed by atoms with Crippen LogP contribution in [0.5, 0.6) is 0 Å². The zero-order valence-corrected chi connectivity index (χ0v) is 20.0. The smallest absolute Gasteiger partial charge is 1.00 e. The summed E-state index contributed by atoms with van der Waals surface area (Å²) < 4.78 is 2.72. The predicted molar refractivity (Wildman–Crippen MR) is 94.8 cm³/mol. The van der Waals surface area contributed by atoms with Gasteiger partial charge in [0.25, 0.3) is 0 Å². The van der Waals surface area contributed by atoms with E-state index in [4.69, 9.17) is 0 Å². The molecule has 4 rings (SSSR count). The first-order valence-electron chi connectivity index (χ1n) is 9.34. The maximum absolute atomic E-state index is 2.69. The molecule has 0 bridgehead atoms. The second-order valence-corrected chi connectivity index (χ2v) is 12.5. The Balaban J connectivity index is 0.00000113. The second kappa shape index (κ2) is 9.72. The monoisotopic (exact) mass is 540 g/mol. The number of fused-ring (bicyclic) bond motifs is 1. The van der Waals surface area contributed by atoms with E-state index < -0.39 is 22.9 Å². The molecule has 1 aromatic rings. The first-order valence-corrected chi connectivity index (χ1v) is 13.2. The Morgan fingerprint density at radius 2 is 1.88 bits per heavy atom. The third kappa shape index (κ3) is 4.42.